The van der Waals surface area contributed by atoms with E-state index in [4.69, 9.17) is 11.6 Å². The molecule has 0 spiro atoms. The molecule has 0 unspecified atom stereocenters. The minimum Gasteiger partial charge on any atom is -0.370 e. The van der Waals surface area contributed by atoms with Crippen molar-refractivity contribution in [1.29, 1.82) is 0 Å². The topological polar surface area (TPSA) is 50.7 Å². The molecule has 0 atom stereocenters. The molecule has 0 aliphatic rings. The van der Waals surface area contributed by atoms with Crippen LogP contribution in [0.25, 0.3) is 22.6 Å². The van der Waals surface area contributed by atoms with Gasteiger partial charge in [0.15, 0.2) is 5.82 Å². The number of nitrogens with one attached hydrogen (secondary N) is 1. The predicted molar refractivity (Wildman–Crippen MR) is 94.5 cm³/mol. The van der Waals surface area contributed by atoms with E-state index < -0.39 is 0 Å². The van der Waals surface area contributed by atoms with Gasteiger partial charge in [-0.2, -0.15) is 0 Å². The Hall–Kier alpha value is -2.46. The third-order valence-electron chi connectivity index (χ3n) is 3.34. The van der Waals surface area contributed by atoms with Crippen LogP contribution in [0.5, 0.6) is 0 Å². The van der Waals surface area contributed by atoms with E-state index in [1.54, 1.807) is 12.4 Å². The molecule has 0 amide bonds. The second-order valence-electron chi connectivity index (χ2n) is 5.14. The van der Waals surface area contributed by atoms with E-state index in [2.05, 4.69) is 27.2 Å². The molecule has 0 bridgehead atoms. The van der Waals surface area contributed by atoms with Gasteiger partial charge in [0.25, 0.3) is 0 Å². The van der Waals surface area contributed by atoms with Crippen LogP contribution in [0, 0.1) is 0 Å². The van der Waals surface area contributed by atoms with Crippen molar-refractivity contribution in [3.05, 3.63) is 59.9 Å². The molecular weight excluding hydrogens is 308 g/mol. The van der Waals surface area contributed by atoms with E-state index >= 15 is 0 Å². The summed E-state index contributed by atoms with van der Waals surface area (Å²) in [6, 6.07) is 13.4. The quantitative estimate of drug-likeness (QED) is 0.740. The Labute approximate surface area is 140 Å². The fraction of sp³-hybridized carbons (Fsp3) is 0.167. The number of anilines is 1. The fourth-order valence-corrected chi connectivity index (χ4v) is 2.31. The number of rotatable bonds is 5. The Balaban J connectivity index is 2.06. The third kappa shape index (κ3) is 3.85. The maximum atomic E-state index is 5.97. The highest BCUT2D eigenvalue weighted by atomic mass is 35.5. The lowest BCUT2D eigenvalue weighted by atomic mass is 10.1. The maximum Gasteiger partial charge on any atom is 0.163 e. The highest BCUT2D eigenvalue weighted by Gasteiger charge is 2.08. The van der Waals surface area contributed by atoms with Crippen LogP contribution < -0.4 is 5.32 Å². The molecule has 23 heavy (non-hydrogen) atoms. The molecule has 3 aromatic rings. The Bertz CT molecular complexity index is 773. The number of hydrogen-bond donors (Lipinski definition) is 1. The van der Waals surface area contributed by atoms with E-state index in [1.807, 2.05) is 42.5 Å². The van der Waals surface area contributed by atoms with Crippen LogP contribution in [-0.4, -0.2) is 21.5 Å². The zero-order valence-electron chi connectivity index (χ0n) is 12.8. The first-order valence-electron chi connectivity index (χ1n) is 7.55. The standard InChI is InChI=1S/C18H17ClN4/c1-2-9-21-17-11-16(13-5-7-15(19)8-6-13)22-18(23-17)14-4-3-10-20-12-14/h3-8,10-12H,2,9H2,1H3,(H,21,22,23). The van der Waals surface area contributed by atoms with Crippen molar-refractivity contribution in [3.63, 3.8) is 0 Å². The van der Waals surface area contributed by atoms with Gasteiger partial charge in [-0.1, -0.05) is 30.7 Å². The van der Waals surface area contributed by atoms with E-state index in [0.717, 1.165) is 35.6 Å². The van der Waals surface area contributed by atoms with Gasteiger partial charge in [0.05, 0.1) is 5.69 Å². The summed E-state index contributed by atoms with van der Waals surface area (Å²) in [5.74, 6) is 1.47. The van der Waals surface area contributed by atoms with Gasteiger partial charge < -0.3 is 5.32 Å². The zero-order valence-corrected chi connectivity index (χ0v) is 13.6. The summed E-state index contributed by atoms with van der Waals surface area (Å²) < 4.78 is 0. The molecule has 4 nitrogen and oxygen atoms in total. The van der Waals surface area contributed by atoms with Crippen molar-refractivity contribution in [2.75, 3.05) is 11.9 Å². The molecule has 116 valence electrons. The van der Waals surface area contributed by atoms with Gasteiger partial charge in [0, 0.05) is 41.2 Å². The first-order chi connectivity index (χ1) is 11.3. The van der Waals surface area contributed by atoms with Crippen molar-refractivity contribution < 1.29 is 0 Å². The van der Waals surface area contributed by atoms with Gasteiger partial charge >= 0.3 is 0 Å². The summed E-state index contributed by atoms with van der Waals surface area (Å²) in [6.07, 6.45) is 4.54. The van der Waals surface area contributed by atoms with Crippen molar-refractivity contribution in [2.24, 2.45) is 0 Å². The Kier molecular flexibility index (Phi) is 4.83. The predicted octanol–water partition coefficient (Wildman–Crippen LogP) is 4.68. The van der Waals surface area contributed by atoms with E-state index in [0.29, 0.717) is 10.8 Å². The second-order valence-corrected chi connectivity index (χ2v) is 5.57. The van der Waals surface area contributed by atoms with Crippen LogP contribution in [0.1, 0.15) is 13.3 Å². The van der Waals surface area contributed by atoms with Gasteiger partial charge in [-0.15, -0.1) is 0 Å². The number of halogens is 1. The average Bonchev–Trinajstić information content (AvgIpc) is 2.61. The molecule has 0 saturated heterocycles. The first kappa shape index (κ1) is 15.4. The largest absolute Gasteiger partial charge is 0.370 e. The Morgan fingerprint density at radius 1 is 1.04 bits per heavy atom. The molecular formula is C18H17ClN4. The monoisotopic (exact) mass is 324 g/mol. The van der Waals surface area contributed by atoms with Crippen LogP contribution in [0.15, 0.2) is 54.9 Å². The van der Waals surface area contributed by atoms with Crippen LogP contribution in [-0.2, 0) is 0 Å². The zero-order chi connectivity index (χ0) is 16.1. The summed E-state index contributed by atoms with van der Waals surface area (Å²) in [5, 5.41) is 4.04. The van der Waals surface area contributed by atoms with Crippen molar-refractivity contribution in [2.45, 2.75) is 13.3 Å². The highest BCUT2D eigenvalue weighted by Crippen LogP contribution is 2.25. The van der Waals surface area contributed by atoms with E-state index in [9.17, 15) is 0 Å². The summed E-state index contributed by atoms with van der Waals surface area (Å²) in [5.41, 5.74) is 2.75. The first-order valence-corrected chi connectivity index (χ1v) is 7.93. The number of nitrogens with zero attached hydrogens (tertiary/aromatic N) is 3. The van der Waals surface area contributed by atoms with E-state index in [-0.39, 0.29) is 0 Å². The van der Waals surface area contributed by atoms with Crippen LogP contribution in [0.3, 0.4) is 0 Å². The van der Waals surface area contributed by atoms with Gasteiger partial charge in [0.2, 0.25) is 0 Å². The van der Waals surface area contributed by atoms with Crippen LogP contribution in [0.4, 0.5) is 5.82 Å². The summed E-state index contributed by atoms with van der Waals surface area (Å²) in [7, 11) is 0. The highest BCUT2D eigenvalue weighted by molar-refractivity contribution is 6.30. The summed E-state index contributed by atoms with van der Waals surface area (Å²) in [6.45, 7) is 2.99. The smallest absolute Gasteiger partial charge is 0.163 e. The number of aromatic nitrogens is 3. The summed E-state index contributed by atoms with van der Waals surface area (Å²) in [4.78, 5) is 13.4. The van der Waals surface area contributed by atoms with Gasteiger partial charge in [-0.3, -0.25) is 4.98 Å². The van der Waals surface area contributed by atoms with Gasteiger partial charge in [0.1, 0.15) is 5.82 Å². The lowest BCUT2D eigenvalue weighted by Crippen LogP contribution is -2.04. The molecule has 0 fully saturated rings. The average molecular weight is 325 g/mol. The van der Waals surface area contributed by atoms with Crippen LogP contribution >= 0.6 is 11.6 Å². The second kappa shape index (κ2) is 7.20. The molecule has 0 radical (unpaired) electrons. The molecule has 0 saturated carbocycles. The minimum atomic E-state index is 0.657. The van der Waals surface area contributed by atoms with Crippen molar-refractivity contribution in [3.8, 4) is 22.6 Å². The molecule has 0 aliphatic heterocycles. The SMILES string of the molecule is CCCNc1cc(-c2ccc(Cl)cc2)nc(-c2cccnc2)n1. The number of benzene rings is 1. The van der Waals surface area contributed by atoms with Gasteiger partial charge in [-0.05, 0) is 30.7 Å². The molecule has 2 aromatic heterocycles. The fourth-order valence-electron chi connectivity index (χ4n) is 2.18. The Morgan fingerprint density at radius 3 is 2.57 bits per heavy atom. The molecule has 0 aliphatic carbocycles. The van der Waals surface area contributed by atoms with Crippen molar-refractivity contribution in [1.82, 2.24) is 15.0 Å². The van der Waals surface area contributed by atoms with Crippen molar-refractivity contribution >= 4 is 17.4 Å². The number of hydrogen-bond acceptors (Lipinski definition) is 4. The van der Waals surface area contributed by atoms with E-state index in [1.165, 1.54) is 0 Å². The lowest BCUT2D eigenvalue weighted by Gasteiger charge is -2.10. The van der Waals surface area contributed by atoms with Gasteiger partial charge in [-0.25, -0.2) is 9.97 Å². The normalized spacial score (nSPS) is 10.5. The third-order valence-corrected chi connectivity index (χ3v) is 3.59. The molecule has 1 N–H and O–H groups in total. The molecule has 1 aromatic carbocycles. The molecule has 5 heteroatoms. The Morgan fingerprint density at radius 2 is 1.87 bits per heavy atom. The molecule has 3 rings (SSSR count). The minimum absolute atomic E-state index is 0.657. The molecule has 2 heterocycles. The van der Waals surface area contributed by atoms with Crippen LogP contribution in [0.2, 0.25) is 5.02 Å². The maximum absolute atomic E-state index is 5.97. The number of pyridine rings is 1. The summed E-state index contributed by atoms with van der Waals surface area (Å²) >= 11 is 5.97. The lowest BCUT2D eigenvalue weighted by molar-refractivity contribution is 0.966.